The van der Waals surface area contributed by atoms with Crippen LogP contribution in [0.5, 0.6) is 0 Å². The molecule has 1 aromatic rings. The molecule has 0 saturated heterocycles. The summed E-state index contributed by atoms with van der Waals surface area (Å²) in [5.41, 5.74) is 1.04. The first-order valence-electron chi connectivity index (χ1n) is 7.97. The number of hydrogen-bond acceptors (Lipinski definition) is 4. The van der Waals surface area contributed by atoms with E-state index in [0.29, 0.717) is 12.2 Å². The van der Waals surface area contributed by atoms with E-state index in [1.807, 2.05) is 19.1 Å². The zero-order valence-corrected chi connectivity index (χ0v) is 12.8. The zero-order valence-electron chi connectivity index (χ0n) is 12.8. The molecular formula is C16H21N3O3. The number of anilines is 1. The van der Waals surface area contributed by atoms with Crippen LogP contribution in [-0.2, 0) is 4.79 Å². The van der Waals surface area contributed by atoms with Crippen LogP contribution in [0.3, 0.4) is 0 Å². The Morgan fingerprint density at radius 2 is 2.05 bits per heavy atom. The zero-order chi connectivity index (χ0) is 15.7. The fourth-order valence-electron chi connectivity index (χ4n) is 3.28. The van der Waals surface area contributed by atoms with Crippen molar-refractivity contribution in [3.05, 3.63) is 34.0 Å². The topological polar surface area (TPSA) is 76.3 Å². The van der Waals surface area contributed by atoms with E-state index in [1.54, 1.807) is 11.1 Å². The Bertz CT molecular complexity index is 567. The van der Waals surface area contributed by atoms with E-state index >= 15 is 0 Å². The quantitative estimate of drug-likeness (QED) is 0.633. The highest BCUT2D eigenvalue weighted by atomic mass is 16.6. The molecule has 0 radical (unpaired) electrons. The standard InChI is InChI=1S/C16H21N3O3/c1-11-7-8-15(17-10-11)18(12-5-3-2-4-6-12)16(20)13-9-14(13)19(21)22/h7-8,10,12-14H,2-6,9H2,1H3/t13-,14-/m0/s1. The third-order valence-electron chi connectivity index (χ3n) is 4.66. The second-order valence-electron chi connectivity index (χ2n) is 6.39. The van der Waals surface area contributed by atoms with Gasteiger partial charge in [0.25, 0.3) is 0 Å². The van der Waals surface area contributed by atoms with E-state index in [2.05, 4.69) is 4.98 Å². The molecular weight excluding hydrogens is 282 g/mol. The Balaban J connectivity index is 1.84. The van der Waals surface area contributed by atoms with E-state index in [4.69, 9.17) is 0 Å². The maximum absolute atomic E-state index is 12.8. The Labute approximate surface area is 129 Å². The van der Waals surface area contributed by atoms with Crippen LogP contribution in [0, 0.1) is 23.0 Å². The number of carbonyl (C=O) groups excluding carboxylic acids is 1. The second-order valence-corrected chi connectivity index (χ2v) is 6.39. The molecule has 1 aromatic heterocycles. The number of rotatable bonds is 4. The highest BCUT2D eigenvalue weighted by Crippen LogP contribution is 2.38. The molecule has 2 aliphatic carbocycles. The van der Waals surface area contributed by atoms with Crippen LogP contribution < -0.4 is 4.90 Å². The minimum absolute atomic E-state index is 0.120. The van der Waals surface area contributed by atoms with Gasteiger partial charge in [0.05, 0.1) is 0 Å². The van der Waals surface area contributed by atoms with Crippen molar-refractivity contribution in [1.29, 1.82) is 0 Å². The predicted molar refractivity (Wildman–Crippen MR) is 82.2 cm³/mol. The van der Waals surface area contributed by atoms with Crippen molar-refractivity contribution >= 4 is 11.7 Å². The fraction of sp³-hybridized carbons (Fsp3) is 0.625. The molecule has 2 atom stereocenters. The Hall–Kier alpha value is -1.98. The average molecular weight is 303 g/mol. The molecule has 1 amide bonds. The van der Waals surface area contributed by atoms with Crippen LogP contribution in [0.15, 0.2) is 18.3 Å². The van der Waals surface area contributed by atoms with Crippen LogP contribution in [0.25, 0.3) is 0 Å². The molecule has 0 N–H and O–H groups in total. The van der Waals surface area contributed by atoms with Crippen molar-refractivity contribution in [2.75, 3.05) is 4.90 Å². The molecule has 0 unspecified atom stereocenters. The molecule has 2 aliphatic rings. The molecule has 3 rings (SSSR count). The predicted octanol–water partition coefficient (Wildman–Crippen LogP) is 2.72. The number of aromatic nitrogens is 1. The van der Waals surface area contributed by atoms with Crippen LogP contribution in [0.1, 0.15) is 44.1 Å². The third-order valence-corrected chi connectivity index (χ3v) is 4.66. The number of carbonyl (C=O) groups is 1. The van der Waals surface area contributed by atoms with Gasteiger partial charge in [0.2, 0.25) is 11.9 Å². The second kappa shape index (κ2) is 6.02. The van der Waals surface area contributed by atoms with Gasteiger partial charge in [-0.3, -0.25) is 19.8 Å². The van der Waals surface area contributed by atoms with Gasteiger partial charge in [0.15, 0.2) is 0 Å². The van der Waals surface area contributed by atoms with E-state index in [1.165, 1.54) is 6.42 Å². The molecule has 2 fully saturated rings. The van der Waals surface area contributed by atoms with E-state index < -0.39 is 12.0 Å². The summed E-state index contributed by atoms with van der Waals surface area (Å²) < 4.78 is 0. The summed E-state index contributed by atoms with van der Waals surface area (Å²) in [6.07, 6.45) is 7.42. The van der Waals surface area contributed by atoms with Crippen molar-refractivity contribution in [1.82, 2.24) is 4.98 Å². The highest BCUT2D eigenvalue weighted by molar-refractivity contribution is 5.96. The summed E-state index contributed by atoms with van der Waals surface area (Å²) in [5, 5.41) is 10.9. The Morgan fingerprint density at radius 3 is 2.59 bits per heavy atom. The van der Waals surface area contributed by atoms with Crippen molar-refractivity contribution in [3.63, 3.8) is 0 Å². The van der Waals surface area contributed by atoms with Gasteiger partial charge < -0.3 is 0 Å². The molecule has 6 heteroatoms. The first-order chi connectivity index (χ1) is 10.6. The summed E-state index contributed by atoms with van der Waals surface area (Å²) in [6, 6.07) is 3.21. The van der Waals surface area contributed by atoms with Gasteiger partial charge in [-0.2, -0.15) is 0 Å². The number of aryl methyl sites for hydroxylation is 1. The van der Waals surface area contributed by atoms with E-state index in [-0.39, 0.29) is 16.9 Å². The molecule has 118 valence electrons. The Morgan fingerprint density at radius 1 is 1.32 bits per heavy atom. The fourth-order valence-corrected chi connectivity index (χ4v) is 3.28. The lowest BCUT2D eigenvalue weighted by Gasteiger charge is -2.33. The summed E-state index contributed by atoms with van der Waals surface area (Å²) in [7, 11) is 0. The van der Waals surface area contributed by atoms with Crippen molar-refractivity contribution in [2.24, 2.45) is 5.92 Å². The SMILES string of the molecule is Cc1ccc(N(C(=O)[C@H]2C[C@@H]2[N+](=O)[O-])C2CCCCC2)nc1. The number of nitro groups is 1. The van der Waals surface area contributed by atoms with Crippen molar-refractivity contribution in [2.45, 2.75) is 57.5 Å². The summed E-state index contributed by atoms with van der Waals surface area (Å²) in [4.78, 5) is 29.5. The highest BCUT2D eigenvalue weighted by Gasteiger charge is 2.55. The maximum Gasteiger partial charge on any atom is 0.238 e. The van der Waals surface area contributed by atoms with Crippen LogP contribution in [-0.4, -0.2) is 27.9 Å². The smallest absolute Gasteiger partial charge is 0.238 e. The molecule has 2 saturated carbocycles. The largest absolute Gasteiger partial charge is 0.293 e. The molecule has 0 aromatic carbocycles. The van der Waals surface area contributed by atoms with Crippen LogP contribution in [0.4, 0.5) is 5.82 Å². The number of hydrogen-bond donors (Lipinski definition) is 0. The van der Waals surface area contributed by atoms with Gasteiger partial charge in [0, 0.05) is 23.6 Å². The first-order valence-corrected chi connectivity index (χ1v) is 7.97. The molecule has 6 nitrogen and oxygen atoms in total. The van der Waals surface area contributed by atoms with Crippen molar-refractivity contribution in [3.8, 4) is 0 Å². The average Bonchev–Trinajstić information content (AvgIpc) is 3.31. The minimum Gasteiger partial charge on any atom is -0.293 e. The minimum atomic E-state index is -0.705. The lowest BCUT2D eigenvalue weighted by atomic mass is 9.93. The first kappa shape index (κ1) is 14.9. The maximum atomic E-state index is 12.8. The Kier molecular flexibility index (Phi) is 4.09. The van der Waals surface area contributed by atoms with Crippen molar-refractivity contribution < 1.29 is 9.72 Å². The number of nitrogens with zero attached hydrogens (tertiary/aromatic N) is 3. The summed E-state index contributed by atoms with van der Waals surface area (Å²) in [5.74, 6) is 0.0430. The lowest BCUT2D eigenvalue weighted by molar-refractivity contribution is -0.497. The van der Waals surface area contributed by atoms with Gasteiger partial charge in [0.1, 0.15) is 11.7 Å². The van der Waals surface area contributed by atoms with Crippen LogP contribution >= 0.6 is 0 Å². The normalized spacial score (nSPS) is 24.8. The van der Waals surface area contributed by atoms with Crippen LogP contribution in [0.2, 0.25) is 0 Å². The monoisotopic (exact) mass is 303 g/mol. The lowest BCUT2D eigenvalue weighted by Crippen LogP contribution is -2.43. The molecule has 22 heavy (non-hydrogen) atoms. The van der Waals surface area contributed by atoms with Gasteiger partial charge in [-0.05, 0) is 31.4 Å². The molecule has 0 spiro atoms. The number of pyridine rings is 1. The molecule has 1 heterocycles. The van der Waals surface area contributed by atoms with Gasteiger partial charge in [-0.25, -0.2) is 4.98 Å². The van der Waals surface area contributed by atoms with Gasteiger partial charge >= 0.3 is 0 Å². The third kappa shape index (κ3) is 2.96. The molecule has 0 bridgehead atoms. The number of amides is 1. The summed E-state index contributed by atoms with van der Waals surface area (Å²) >= 11 is 0. The van der Waals surface area contributed by atoms with Gasteiger partial charge in [-0.15, -0.1) is 0 Å². The van der Waals surface area contributed by atoms with E-state index in [0.717, 1.165) is 31.2 Å². The van der Waals surface area contributed by atoms with Gasteiger partial charge in [-0.1, -0.05) is 25.3 Å². The molecule has 0 aliphatic heterocycles. The van der Waals surface area contributed by atoms with E-state index in [9.17, 15) is 14.9 Å². The summed E-state index contributed by atoms with van der Waals surface area (Å²) in [6.45, 7) is 1.95.